The molecule has 19 heavy (non-hydrogen) atoms. The average Bonchev–Trinajstić information content (AvgIpc) is 2.96. The van der Waals surface area contributed by atoms with Crippen molar-refractivity contribution < 1.29 is 4.39 Å². The maximum absolute atomic E-state index is 13.5. The Morgan fingerprint density at radius 3 is 3.00 bits per heavy atom. The first-order valence-electron chi connectivity index (χ1n) is 6.72. The summed E-state index contributed by atoms with van der Waals surface area (Å²) in [6.45, 7) is 2.66. The first-order valence-corrected chi connectivity index (χ1v) is 7.12. The minimum Gasteiger partial charge on any atom is -0.330 e. The van der Waals surface area contributed by atoms with E-state index in [9.17, 15) is 4.39 Å². The van der Waals surface area contributed by atoms with Crippen molar-refractivity contribution in [3.05, 3.63) is 39.9 Å². The summed E-state index contributed by atoms with van der Waals surface area (Å²) < 4.78 is 16.3. The molecular weight excluding hydrogens is 259 g/mol. The maximum atomic E-state index is 13.5. The highest BCUT2D eigenvalue weighted by Crippen LogP contribution is 2.23. The standard InChI is InChI=1S/C15H17FN2S/c1-10-8-14-13(9-12(10)16)17-15(19)18(14)7-6-11-4-2-3-5-11/h4,8-9H,2-3,5-7H2,1H3,(H,17,19). The number of H-pyrrole nitrogens is 1. The van der Waals surface area contributed by atoms with Gasteiger partial charge in [0.2, 0.25) is 0 Å². The van der Waals surface area contributed by atoms with Gasteiger partial charge in [-0.05, 0) is 62.5 Å². The SMILES string of the molecule is Cc1cc2c(cc1F)[nH]c(=S)n2CCC1=CCCC1. The molecule has 1 aliphatic carbocycles. The van der Waals surface area contributed by atoms with Crippen molar-refractivity contribution in [3.8, 4) is 0 Å². The molecule has 1 N–H and O–H groups in total. The topological polar surface area (TPSA) is 20.7 Å². The van der Waals surface area contributed by atoms with Gasteiger partial charge in [0.25, 0.3) is 0 Å². The zero-order valence-electron chi connectivity index (χ0n) is 11.0. The van der Waals surface area contributed by atoms with Gasteiger partial charge < -0.3 is 9.55 Å². The van der Waals surface area contributed by atoms with Gasteiger partial charge in [-0.2, -0.15) is 0 Å². The van der Waals surface area contributed by atoms with Crippen LogP contribution in [0.25, 0.3) is 11.0 Å². The summed E-state index contributed by atoms with van der Waals surface area (Å²) in [6, 6.07) is 3.41. The van der Waals surface area contributed by atoms with E-state index in [2.05, 4.69) is 15.6 Å². The third kappa shape index (κ3) is 2.37. The van der Waals surface area contributed by atoms with Crippen LogP contribution >= 0.6 is 12.2 Å². The van der Waals surface area contributed by atoms with Crippen molar-refractivity contribution in [2.24, 2.45) is 0 Å². The van der Waals surface area contributed by atoms with Crippen molar-refractivity contribution in [1.29, 1.82) is 0 Å². The predicted molar refractivity (Wildman–Crippen MR) is 78.4 cm³/mol. The van der Waals surface area contributed by atoms with Gasteiger partial charge in [0, 0.05) is 6.54 Å². The van der Waals surface area contributed by atoms with Gasteiger partial charge in [-0.1, -0.05) is 11.6 Å². The zero-order chi connectivity index (χ0) is 13.4. The summed E-state index contributed by atoms with van der Waals surface area (Å²) >= 11 is 5.35. The number of benzene rings is 1. The van der Waals surface area contributed by atoms with Gasteiger partial charge in [-0.3, -0.25) is 0 Å². The highest BCUT2D eigenvalue weighted by molar-refractivity contribution is 7.71. The number of allylic oxidation sites excluding steroid dienone is 2. The molecule has 0 atom stereocenters. The number of nitrogens with zero attached hydrogens (tertiary/aromatic N) is 1. The highest BCUT2D eigenvalue weighted by atomic mass is 32.1. The maximum Gasteiger partial charge on any atom is 0.178 e. The molecule has 1 aromatic carbocycles. The molecule has 0 unspecified atom stereocenters. The number of hydrogen-bond acceptors (Lipinski definition) is 1. The molecule has 0 saturated carbocycles. The minimum atomic E-state index is -0.186. The number of aromatic nitrogens is 2. The van der Waals surface area contributed by atoms with Crippen LogP contribution in [0.3, 0.4) is 0 Å². The molecule has 0 aliphatic heterocycles. The number of fused-ring (bicyclic) bond motifs is 1. The lowest BCUT2D eigenvalue weighted by Crippen LogP contribution is -1.99. The second-order valence-corrected chi connectivity index (χ2v) is 5.59. The zero-order valence-corrected chi connectivity index (χ0v) is 11.8. The Morgan fingerprint density at radius 1 is 1.42 bits per heavy atom. The summed E-state index contributed by atoms with van der Waals surface area (Å²) in [4.78, 5) is 3.09. The largest absolute Gasteiger partial charge is 0.330 e. The molecule has 0 bridgehead atoms. The minimum absolute atomic E-state index is 0.186. The van der Waals surface area contributed by atoms with Crippen molar-refractivity contribution in [2.75, 3.05) is 0 Å². The van der Waals surface area contributed by atoms with Crippen molar-refractivity contribution >= 4 is 23.3 Å². The van der Waals surface area contributed by atoms with Gasteiger partial charge in [-0.15, -0.1) is 0 Å². The molecule has 1 aromatic heterocycles. The molecule has 4 heteroatoms. The van der Waals surface area contributed by atoms with Crippen molar-refractivity contribution in [2.45, 2.75) is 39.2 Å². The van der Waals surface area contributed by atoms with E-state index in [1.165, 1.54) is 30.9 Å². The quantitative estimate of drug-likeness (QED) is 0.639. The van der Waals surface area contributed by atoms with E-state index in [1.807, 2.05) is 6.07 Å². The molecule has 0 fully saturated rings. The fraction of sp³-hybridized carbons (Fsp3) is 0.400. The van der Waals surface area contributed by atoms with Gasteiger partial charge >= 0.3 is 0 Å². The van der Waals surface area contributed by atoms with Crippen LogP contribution in [-0.2, 0) is 6.54 Å². The summed E-state index contributed by atoms with van der Waals surface area (Å²) in [5, 5.41) is 0. The molecular formula is C15H17FN2S. The Labute approximate surface area is 117 Å². The normalized spacial score (nSPS) is 15.2. The highest BCUT2D eigenvalue weighted by Gasteiger charge is 2.10. The number of aryl methyl sites for hydroxylation is 2. The van der Waals surface area contributed by atoms with Crippen LogP contribution < -0.4 is 0 Å². The molecule has 1 heterocycles. The van der Waals surface area contributed by atoms with E-state index in [4.69, 9.17) is 12.2 Å². The summed E-state index contributed by atoms with van der Waals surface area (Å²) in [6.07, 6.45) is 7.07. The van der Waals surface area contributed by atoms with Crippen LogP contribution in [0.5, 0.6) is 0 Å². The molecule has 0 radical (unpaired) electrons. The molecule has 3 rings (SSSR count). The van der Waals surface area contributed by atoms with E-state index < -0.39 is 0 Å². The van der Waals surface area contributed by atoms with Gasteiger partial charge in [0.05, 0.1) is 11.0 Å². The fourth-order valence-corrected chi connectivity index (χ4v) is 3.02. The summed E-state index contributed by atoms with van der Waals surface area (Å²) in [5.41, 5.74) is 3.97. The van der Waals surface area contributed by atoms with E-state index in [0.717, 1.165) is 24.0 Å². The number of imidazole rings is 1. The average molecular weight is 276 g/mol. The van der Waals surface area contributed by atoms with Crippen LogP contribution in [0.1, 0.15) is 31.2 Å². The second-order valence-electron chi connectivity index (χ2n) is 5.20. The monoisotopic (exact) mass is 276 g/mol. The Balaban J connectivity index is 1.95. The molecule has 0 amide bonds. The van der Waals surface area contributed by atoms with Crippen LogP contribution in [0.2, 0.25) is 0 Å². The number of halogens is 1. The van der Waals surface area contributed by atoms with E-state index >= 15 is 0 Å². The van der Waals surface area contributed by atoms with Crippen LogP contribution in [0, 0.1) is 17.5 Å². The number of rotatable bonds is 3. The molecule has 2 nitrogen and oxygen atoms in total. The number of aromatic amines is 1. The Bertz CT molecular complexity index is 709. The van der Waals surface area contributed by atoms with Crippen molar-refractivity contribution in [1.82, 2.24) is 9.55 Å². The van der Waals surface area contributed by atoms with Gasteiger partial charge in [0.1, 0.15) is 5.82 Å². The fourth-order valence-electron chi connectivity index (χ4n) is 2.72. The molecule has 0 spiro atoms. The Hall–Kier alpha value is -1.42. The lowest BCUT2D eigenvalue weighted by molar-refractivity contribution is 0.620. The van der Waals surface area contributed by atoms with Crippen LogP contribution in [-0.4, -0.2) is 9.55 Å². The second kappa shape index (κ2) is 4.93. The third-order valence-corrected chi connectivity index (χ3v) is 4.17. The van der Waals surface area contributed by atoms with Gasteiger partial charge in [-0.25, -0.2) is 4.39 Å². The number of hydrogen-bond donors (Lipinski definition) is 1. The first kappa shape index (κ1) is 12.6. The lowest BCUT2D eigenvalue weighted by atomic mass is 10.1. The smallest absolute Gasteiger partial charge is 0.178 e. The first-order chi connectivity index (χ1) is 9.15. The van der Waals surface area contributed by atoms with Crippen LogP contribution in [0.4, 0.5) is 4.39 Å². The Morgan fingerprint density at radius 2 is 2.26 bits per heavy atom. The molecule has 100 valence electrons. The third-order valence-electron chi connectivity index (χ3n) is 3.85. The van der Waals surface area contributed by atoms with E-state index in [1.54, 1.807) is 6.92 Å². The molecule has 2 aromatic rings. The Kier molecular flexibility index (Phi) is 3.27. The lowest BCUT2D eigenvalue weighted by Gasteiger charge is -2.06. The van der Waals surface area contributed by atoms with Crippen molar-refractivity contribution in [3.63, 3.8) is 0 Å². The number of nitrogens with one attached hydrogen (secondary N) is 1. The predicted octanol–water partition coefficient (Wildman–Crippen LogP) is 4.65. The van der Waals surface area contributed by atoms with Gasteiger partial charge in [0.15, 0.2) is 4.77 Å². The van der Waals surface area contributed by atoms with Crippen LogP contribution in [0.15, 0.2) is 23.8 Å². The van der Waals surface area contributed by atoms with E-state index in [-0.39, 0.29) is 5.82 Å². The molecule has 0 saturated heterocycles. The molecule has 1 aliphatic rings. The summed E-state index contributed by atoms with van der Waals surface area (Å²) in [7, 11) is 0. The summed E-state index contributed by atoms with van der Waals surface area (Å²) in [5.74, 6) is -0.186. The van der Waals surface area contributed by atoms with E-state index in [0.29, 0.717) is 10.3 Å².